The summed E-state index contributed by atoms with van der Waals surface area (Å²) in [5.74, 6) is -2.82. The summed E-state index contributed by atoms with van der Waals surface area (Å²) in [6.45, 7) is 1.75. The van der Waals surface area contributed by atoms with Crippen LogP contribution >= 0.6 is 0 Å². The molecule has 7 nitrogen and oxygen atoms in total. The van der Waals surface area contributed by atoms with Crippen LogP contribution in [-0.2, 0) is 28.6 Å². The fourth-order valence-electron chi connectivity index (χ4n) is 2.05. The van der Waals surface area contributed by atoms with Gasteiger partial charge in [-0.15, -0.1) is 0 Å². The first-order valence-electron chi connectivity index (χ1n) is 6.47. The number of ether oxygens (including phenoxy) is 3. The molecule has 116 valence electrons. The lowest BCUT2D eigenvalue weighted by atomic mass is 9.98. The Labute approximate surface area is 122 Å². The second-order valence-electron chi connectivity index (χ2n) is 4.23. The first kappa shape index (κ1) is 16.7. The number of rotatable bonds is 4. The molecule has 0 amide bonds. The van der Waals surface area contributed by atoms with Crippen molar-refractivity contribution in [3.63, 3.8) is 0 Å². The van der Waals surface area contributed by atoms with Gasteiger partial charge in [-0.25, -0.2) is 14.4 Å². The third kappa shape index (κ3) is 3.62. The van der Waals surface area contributed by atoms with E-state index < -0.39 is 17.9 Å². The van der Waals surface area contributed by atoms with Crippen LogP contribution in [0.4, 0.5) is 0 Å². The van der Waals surface area contributed by atoms with Gasteiger partial charge >= 0.3 is 17.9 Å². The van der Waals surface area contributed by atoms with Gasteiger partial charge in [-0.05, 0) is 19.8 Å². The Bertz CT molecular complexity index is 513. The molecule has 0 heterocycles. The van der Waals surface area contributed by atoms with E-state index in [0.717, 1.165) is 14.2 Å². The molecule has 0 saturated carbocycles. The van der Waals surface area contributed by atoms with Gasteiger partial charge in [0.1, 0.15) is 11.3 Å². The van der Waals surface area contributed by atoms with Crippen molar-refractivity contribution in [1.82, 2.24) is 0 Å². The molecule has 1 aliphatic rings. The number of allylic oxidation sites excluding steroid dienone is 1. The normalized spacial score (nSPS) is 15.4. The molecule has 0 atom stereocenters. The number of carbonyl (C=O) groups excluding carboxylic acids is 3. The Balaban J connectivity index is 3.52. The lowest BCUT2D eigenvalue weighted by molar-refractivity contribution is -0.141. The summed E-state index contributed by atoms with van der Waals surface area (Å²) in [6.07, 6.45) is 0.725. The highest BCUT2D eigenvalue weighted by molar-refractivity contribution is 6.12. The summed E-state index contributed by atoms with van der Waals surface area (Å²) < 4.78 is 14.1. The molecule has 0 unspecified atom stereocenters. The second-order valence-corrected chi connectivity index (χ2v) is 4.23. The van der Waals surface area contributed by atoms with Gasteiger partial charge in [-0.3, -0.25) is 0 Å². The van der Waals surface area contributed by atoms with Gasteiger partial charge < -0.3 is 19.3 Å². The molecule has 0 fully saturated rings. The molecule has 0 spiro atoms. The van der Waals surface area contributed by atoms with Gasteiger partial charge in [-0.2, -0.15) is 0 Å². The van der Waals surface area contributed by atoms with Crippen LogP contribution in [0.15, 0.2) is 22.5 Å². The molecule has 0 saturated heterocycles. The molecule has 0 aromatic carbocycles. The molecule has 7 heteroatoms. The highest BCUT2D eigenvalue weighted by Crippen LogP contribution is 2.30. The van der Waals surface area contributed by atoms with Gasteiger partial charge in [0.05, 0.1) is 32.0 Å². The van der Waals surface area contributed by atoms with Crippen molar-refractivity contribution in [1.29, 1.82) is 0 Å². The van der Waals surface area contributed by atoms with Crippen LogP contribution in [0.2, 0.25) is 0 Å². The minimum Gasteiger partial charge on any atom is -0.511 e. The Morgan fingerprint density at radius 1 is 1.00 bits per heavy atom. The molecule has 21 heavy (non-hydrogen) atoms. The van der Waals surface area contributed by atoms with E-state index in [2.05, 4.69) is 9.47 Å². The summed E-state index contributed by atoms with van der Waals surface area (Å²) in [6, 6.07) is 0. The molecule has 1 rings (SSSR count). The van der Waals surface area contributed by atoms with Crippen molar-refractivity contribution in [3.05, 3.63) is 22.5 Å². The van der Waals surface area contributed by atoms with E-state index in [-0.39, 0.29) is 41.9 Å². The number of hydrogen-bond acceptors (Lipinski definition) is 7. The predicted molar refractivity (Wildman–Crippen MR) is 71.2 cm³/mol. The van der Waals surface area contributed by atoms with Gasteiger partial charge in [0.2, 0.25) is 0 Å². The molecular weight excluding hydrogens is 280 g/mol. The standard InChI is InChI=1S/C14H18O7/c1-4-21-12(16)8-6-5-7-9(15)11(14(18)20-3)10(8)13(17)19-2/h15H,4-7H2,1-3H3. The SMILES string of the molecule is CCOC(=O)C1=C(C(=O)OC)C(C(=O)OC)=C(O)CCC1. The van der Waals surface area contributed by atoms with Crippen molar-refractivity contribution in [2.24, 2.45) is 0 Å². The molecule has 0 aromatic heterocycles. The van der Waals surface area contributed by atoms with Gasteiger partial charge in [-0.1, -0.05) is 0 Å². The topological polar surface area (TPSA) is 99.1 Å². The number of hydrogen-bond donors (Lipinski definition) is 1. The number of aliphatic hydroxyl groups excluding tert-OH is 1. The van der Waals surface area contributed by atoms with Gasteiger partial charge in [0, 0.05) is 6.42 Å². The van der Waals surface area contributed by atoms with E-state index in [1.165, 1.54) is 0 Å². The zero-order valence-electron chi connectivity index (χ0n) is 12.2. The fraction of sp³-hybridized carbons (Fsp3) is 0.500. The lowest BCUT2D eigenvalue weighted by Crippen LogP contribution is -2.21. The highest BCUT2D eigenvalue weighted by Gasteiger charge is 2.34. The number of methoxy groups -OCH3 is 2. The molecular formula is C14H18O7. The molecule has 0 bridgehead atoms. The van der Waals surface area contributed by atoms with Crippen molar-refractivity contribution < 1.29 is 33.7 Å². The van der Waals surface area contributed by atoms with Crippen molar-refractivity contribution in [3.8, 4) is 0 Å². The Morgan fingerprint density at radius 2 is 1.57 bits per heavy atom. The average molecular weight is 298 g/mol. The minimum atomic E-state index is -0.906. The molecule has 0 radical (unpaired) electrons. The summed E-state index contributed by atoms with van der Waals surface area (Å²) in [5, 5.41) is 9.98. The van der Waals surface area contributed by atoms with E-state index in [1.54, 1.807) is 6.92 Å². The van der Waals surface area contributed by atoms with Crippen LogP contribution in [0.25, 0.3) is 0 Å². The molecule has 0 aromatic rings. The maximum absolute atomic E-state index is 12.0. The summed E-state index contributed by atoms with van der Waals surface area (Å²) in [7, 11) is 2.24. The zero-order chi connectivity index (χ0) is 16.0. The summed E-state index contributed by atoms with van der Waals surface area (Å²) >= 11 is 0. The minimum absolute atomic E-state index is 0.00755. The third-order valence-electron chi connectivity index (χ3n) is 2.98. The summed E-state index contributed by atoms with van der Waals surface area (Å²) in [4.78, 5) is 35.8. The van der Waals surface area contributed by atoms with Crippen LogP contribution in [0.5, 0.6) is 0 Å². The van der Waals surface area contributed by atoms with Crippen LogP contribution in [-0.4, -0.2) is 43.8 Å². The van der Waals surface area contributed by atoms with E-state index >= 15 is 0 Å². The maximum atomic E-state index is 12.0. The van der Waals surface area contributed by atoms with Crippen LogP contribution in [0.1, 0.15) is 26.2 Å². The first-order valence-corrected chi connectivity index (χ1v) is 6.47. The van der Waals surface area contributed by atoms with Crippen molar-refractivity contribution in [2.45, 2.75) is 26.2 Å². The smallest absolute Gasteiger partial charge is 0.342 e. The van der Waals surface area contributed by atoms with Gasteiger partial charge in [0.15, 0.2) is 0 Å². The Hall–Kier alpha value is -2.31. The van der Waals surface area contributed by atoms with E-state index in [0.29, 0.717) is 6.42 Å². The second kappa shape index (κ2) is 7.47. The third-order valence-corrected chi connectivity index (χ3v) is 2.98. The summed E-state index contributed by atoms with van der Waals surface area (Å²) in [5.41, 5.74) is -0.629. The molecule has 0 aliphatic heterocycles. The fourth-order valence-corrected chi connectivity index (χ4v) is 2.05. The monoisotopic (exact) mass is 298 g/mol. The number of aliphatic hydroxyl groups is 1. The molecule has 1 N–H and O–H groups in total. The Morgan fingerprint density at radius 3 is 2.10 bits per heavy atom. The van der Waals surface area contributed by atoms with E-state index in [9.17, 15) is 19.5 Å². The maximum Gasteiger partial charge on any atom is 0.342 e. The quantitative estimate of drug-likeness (QED) is 0.614. The van der Waals surface area contributed by atoms with Gasteiger partial charge in [0.25, 0.3) is 0 Å². The van der Waals surface area contributed by atoms with Crippen molar-refractivity contribution >= 4 is 17.9 Å². The molecule has 1 aliphatic carbocycles. The number of esters is 3. The first-order chi connectivity index (χ1) is 9.97. The van der Waals surface area contributed by atoms with Crippen molar-refractivity contribution in [2.75, 3.05) is 20.8 Å². The van der Waals surface area contributed by atoms with E-state index in [4.69, 9.17) is 4.74 Å². The predicted octanol–water partition coefficient (Wildman–Crippen LogP) is 1.19. The van der Waals surface area contributed by atoms with E-state index in [1.807, 2.05) is 0 Å². The largest absolute Gasteiger partial charge is 0.511 e. The van der Waals surface area contributed by atoms with Crippen LogP contribution in [0.3, 0.4) is 0 Å². The average Bonchev–Trinajstić information content (AvgIpc) is 2.65. The Kier molecular flexibility index (Phi) is 5.95. The van der Waals surface area contributed by atoms with Crippen LogP contribution < -0.4 is 0 Å². The van der Waals surface area contributed by atoms with Crippen LogP contribution in [0, 0.1) is 0 Å². The zero-order valence-corrected chi connectivity index (χ0v) is 12.2. The highest BCUT2D eigenvalue weighted by atomic mass is 16.5. The lowest BCUT2D eigenvalue weighted by Gasteiger charge is -2.13. The number of carbonyl (C=O) groups is 3.